The molecule has 0 saturated carbocycles. The summed E-state index contributed by atoms with van der Waals surface area (Å²) in [5.41, 5.74) is 16.3. The molecule has 0 N–H and O–H groups in total. The molecule has 9 aromatic rings. The van der Waals surface area contributed by atoms with Crippen LogP contribution in [0, 0.1) is 20.8 Å². The Bertz CT molecular complexity index is 2750. The van der Waals surface area contributed by atoms with Gasteiger partial charge in [-0.1, -0.05) is 83.9 Å². The second kappa shape index (κ2) is 10.4. The minimum Gasteiger partial charge on any atom is -0.310 e. The summed E-state index contributed by atoms with van der Waals surface area (Å²) in [5, 5.41) is 7.62. The number of aromatic nitrogens is 1. The predicted octanol–water partition coefficient (Wildman–Crippen LogP) is 13.1. The first kappa shape index (κ1) is 27.9. The fourth-order valence-corrected chi connectivity index (χ4v) is 8.06. The van der Waals surface area contributed by atoms with E-state index >= 15 is 0 Å². The van der Waals surface area contributed by atoms with E-state index in [1.165, 1.54) is 99.4 Å². The Kier molecular flexibility index (Phi) is 5.95. The molecule has 0 atom stereocenters. The summed E-state index contributed by atoms with van der Waals surface area (Å²) in [6.45, 7) is 6.51. The van der Waals surface area contributed by atoms with Gasteiger partial charge in [0, 0.05) is 33.5 Å². The van der Waals surface area contributed by atoms with Gasteiger partial charge in [0.1, 0.15) is 0 Å². The molecule has 1 aliphatic rings. The van der Waals surface area contributed by atoms with E-state index in [2.05, 4.69) is 182 Å². The fraction of sp³-hybridized carbons (Fsp3) is 0.0638. The van der Waals surface area contributed by atoms with E-state index < -0.39 is 0 Å². The number of anilines is 3. The zero-order valence-electron chi connectivity index (χ0n) is 27.8. The number of hydrogen-bond donors (Lipinski definition) is 0. The van der Waals surface area contributed by atoms with Crippen LogP contribution in [-0.4, -0.2) is 4.57 Å². The lowest BCUT2D eigenvalue weighted by molar-refractivity contribution is 1.19. The molecule has 1 aliphatic carbocycles. The highest BCUT2D eigenvalue weighted by molar-refractivity contribution is 6.13. The van der Waals surface area contributed by atoms with Gasteiger partial charge in [-0.2, -0.15) is 0 Å². The van der Waals surface area contributed by atoms with Crippen LogP contribution in [0.1, 0.15) is 16.7 Å². The Balaban J connectivity index is 1.07. The van der Waals surface area contributed by atoms with Crippen LogP contribution in [0.5, 0.6) is 0 Å². The smallest absolute Gasteiger partial charge is 0.0541 e. The Morgan fingerprint density at radius 2 is 0.939 bits per heavy atom. The summed E-state index contributed by atoms with van der Waals surface area (Å²) in [6, 6.07) is 56.4. The Morgan fingerprint density at radius 3 is 1.57 bits per heavy atom. The second-order valence-electron chi connectivity index (χ2n) is 13.7. The summed E-state index contributed by atoms with van der Waals surface area (Å²) in [7, 11) is 0. The molecular weight excluding hydrogens is 593 g/mol. The van der Waals surface area contributed by atoms with E-state index in [9.17, 15) is 0 Å². The molecule has 0 radical (unpaired) electrons. The van der Waals surface area contributed by atoms with E-state index in [0.29, 0.717) is 0 Å². The minimum atomic E-state index is 1.16. The second-order valence-corrected chi connectivity index (χ2v) is 13.7. The molecule has 8 aromatic carbocycles. The summed E-state index contributed by atoms with van der Waals surface area (Å²) in [4.78, 5) is 2.39. The highest BCUT2D eigenvalue weighted by Gasteiger charge is 2.25. The molecule has 0 spiro atoms. The standard InChI is InChI=1S/C47H34N2/c1-29-12-17-36(18-13-29)48(45-21-14-30(2)22-31(45)3)37-19-15-32-25-41-43(27-34(32)23-37)42-26-33-16-20-38(24-35(33)28-44(41)42)49-46-10-6-4-8-39(46)40-9-5-7-11-47(40)49/h4-28H,1-3H3. The molecule has 0 fully saturated rings. The van der Waals surface area contributed by atoms with Crippen molar-refractivity contribution in [2.24, 2.45) is 0 Å². The van der Waals surface area contributed by atoms with E-state index in [1.807, 2.05) is 0 Å². The molecule has 1 heterocycles. The van der Waals surface area contributed by atoms with Crippen molar-refractivity contribution in [2.75, 3.05) is 4.90 Å². The summed E-state index contributed by atoms with van der Waals surface area (Å²) >= 11 is 0. The number of para-hydroxylation sites is 2. The quantitative estimate of drug-likeness (QED) is 0.189. The van der Waals surface area contributed by atoms with Crippen molar-refractivity contribution >= 4 is 60.4 Å². The lowest BCUT2D eigenvalue weighted by Crippen LogP contribution is -2.11. The van der Waals surface area contributed by atoms with Crippen molar-refractivity contribution < 1.29 is 0 Å². The van der Waals surface area contributed by atoms with Gasteiger partial charge < -0.3 is 9.47 Å². The minimum absolute atomic E-state index is 1.16. The zero-order valence-corrected chi connectivity index (χ0v) is 27.8. The van der Waals surface area contributed by atoms with E-state index in [4.69, 9.17) is 0 Å². The molecule has 232 valence electrons. The molecule has 2 heteroatoms. The Morgan fingerprint density at radius 1 is 0.408 bits per heavy atom. The highest BCUT2D eigenvalue weighted by atomic mass is 15.1. The van der Waals surface area contributed by atoms with E-state index in [-0.39, 0.29) is 0 Å². The van der Waals surface area contributed by atoms with E-state index in [1.54, 1.807) is 0 Å². The molecule has 0 amide bonds. The van der Waals surface area contributed by atoms with Crippen molar-refractivity contribution in [3.05, 3.63) is 168 Å². The third-order valence-corrected chi connectivity index (χ3v) is 10.5. The first-order valence-electron chi connectivity index (χ1n) is 17.1. The first-order valence-corrected chi connectivity index (χ1v) is 17.1. The van der Waals surface area contributed by atoms with Gasteiger partial charge in [-0.3, -0.25) is 0 Å². The van der Waals surface area contributed by atoms with Crippen LogP contribution in [0.25, 0.3) is 71.3 Å². The lowest BCUT2D eigenvalue weighted by atomic mass is 9.78. The van der Waals surface area contributed by atoms with Gasteiger partial charge in [0.25, 0.3) is 0 Å². The van der Waals surface area contributed by atoms with Gasteiger partial charge in [0.2, 0.25) is 0 Å². The van der Waals surface area contributed by atoms with Crippen molar-refractivity contribution in [3.63, 3.8) is 0 Å². The van der Waals surface area contributed by atoms with Gasteiger partial charge in [0.05, 0.1) is 11.0 Å². The fourth-order valence-electron chi connectivity index (χ4n) is 8.06. The maximum atomic E-state index is 2.40. The largest absolute Gasteiger partial charge is 0.310 e. The monoisotopic (exact) mass is 626 g/mol. The molecular formula is C47H34N2. The molecule has 0 aliphatic heterocycles. The average Bonchev–Trinajstić information content (AvgIpc) is 3.46. The van der Waals surface area contributed by atoms with Crippen LogP contribution in [-0.2, 0) is 0 Å². The van der Waals surface area contributed by atoms with Crippen LogP contribution in [0.15, 0.2) is 152 Å². The maximum Gasteiger partial charge on any atom is 0.0541 e. The van der Waals surface area contributed by atoms with Crippen LogP contribution >= 0.6 is 0 Å². The zero-order chi connectivity index (χ0) is 32.8. The van der Waals surface area contributed by atoms with Gasteiger partial charge in [-0.15, -0.1) is 0 Å². The van der Waals surface area contributed by atoms with Gasteiger partial charge >= 0.3 is 0 Å². The third-order valence-electron chi connectivity index (χ3n) is 10.5. The molecule has 0 saturated heterocycles. The molecule has 2 nitrogen and oxygen atoms in total. The number of aryl methyl sites for hydroxylation is 3. The lowest BCUT2D eigenvalue weighted by Gasteiger charge is -2.29. The average molecular weight is 627 g/mol. The summed E-state index contributed by atoms with van der Waals surface area (Å²) in [5.74, 6) is 0. The number of benzene rings is 8. The molecule has 10 rings (SSSR count). The van der Waals surface area contributed by atoms with Crippen molar-refractivity contribution in [3.8, 4) is 27.9 Å². The third kappa shape index (κ3) is 4.27. The Labute approximate surface area is 286 Å². The highest BCUT2D eigenvalue weighted by Crippen LogP contribution is 2.51. The normalized spacial score (nSPS) is 12.0. The number of rotatable bonds is 4. The number of hydrogen-bond acceptors (Lipinski definition) is 1. The molecule has 0 unspecified atom stereocenters. The molecule has 49 heavy (non-hydrogen) atoms. The predicted molar refractivity (Wildman–Crippen MR) is 209 cm³/mol. The van der Waals surface area contributed by atoms with Crippen molar-refractivity contribution in [1.82, 2.24) is 4.57 Å². The number of fused-ring (bicyclic) bond motifs is 9. The van der Waals surface area contributed by atoms with Gasteiger partial charge in [0.15, 0.2) is 0 Å². The summed E-state index contributed by atoms with van der Waals surface area (Å²) < 4.78 is 2.40. The van der Waals surface area contributed by atoms with Crippen LogP contribution in [0.2, 0.25) is 0 Å². The van der Waals surface area contributed by atoms with Crippen LogP contribution in [0.3, 0.4) is 0 Å². The Hall–Kier alpha value is -6.12. The van der Waals surface area contributed by atoms with E-state index in [0.717, 1.165) is 5.69 Å². The van der Waals surface area contributed by atoms with Gasteiger partial charge in [-0.25, -0.2) is 0 Å². The molecule has 0 bridgehead atoms. The van der Waals surface area contributed by atoms with Crippen LogP contribution < -0.4 is 4.90 Å². The SMILES string of the molecule is Cc1ccc(N(c2ccc3cc4c(cc3c2)-c2cc3ccc(-n5c6ccccc6c6ccccc65)cc3cc2-4)c2ccc(C)cc2C)cc1. The molecule has 1 aromatic heterocycles. The summed E-state index contributed by atoms with van der Waals surface area (Å²) in [6.07, 6.45) is 0. The number of nitrogens with zero attached hydrogens (tertiary/aromatic N) is 2. The van der Waals surface area contributed by atoms with Crippen LogP contribution in [0.4, 0.5) is 17.1 Å². The topological polar surface area (TPSA) is 8.17 Å². The maximum absolute atomic E-state index is 2.40. The van der Waals surface area contributed by atoms with Crippen molar-refractivity contribution in [1.29, 1.82) is 0 Å². The van der Waals surface area contributed by atoms with Crippen molar-refractivity contribution in [2.45, 2.75) is 20.8 Å². The van der Waals surface area contributed by atoms with Gasteiger partial charge in [-0.05, 0) is 149 Å². The first-order chi connectivity index (χ1) is 24.0.